The number of piperidine rings is 1. The van der Waals surface area contributed by atoms with Gasteiger partial charge in [-0.05, 0) is 99.7 Å². The molecule has 1 N–H and O–H groups in total. The second-order valence-electron chi connectivity index (χ2n) is 8.13. The summed E-state index contributed by atoms with van der Waals surface area (Å²) in [7, 11) is 0. The molecule has 0 aliphatic carbocycles. The van der Waals surface area contributed by atoms with E-state index in [1.807, 2.05) is 12.1 Å². The lowest BCUT2D eigenvalue weighted by Crippen LogP contribution is -2.39. The molecule has 0 bridgehead atoms. The first-order valence-electron chi connectivity index (χ1n) is 10.4. The van der Waals surface area contributed by atoms with E-state index in [2.05, 4.69) is 54.1 Å². The van der Waals surface area contributed by atoms with E-state index in [-0.39, 0.29) is 0 Å². The minimum absolute atomic E-state index is 0.695. The fourth-order valence-electron chi connectivity index (χ4n) is 3.84. The molecule has 1 aliphatic rings. The average molecular weight is 400 g/mol. The molecule has 1 fully saturated rings. The van der Waals surface area contributed by atoms with Crippen LogP contribution in [0.25, 0.3) is 0 Å². The Balaban J connectivity index is 1.58. The second kappa shape index (κ2) is 10.1. The molecule has 5 heteroatoms. The highest BCUT2D eigenvalue weighted by Crippen LogP contribution is 2.17. The van der Waals surface area contributed by atoms with Crippen molar-refractivity contribution in [2.45, 2.75) is 46.6 Å². The van der Waals surface area contributed by atoms with Crippen molar-refractivity contribution in [2.24, 2.45) is 5.92 Å². The number of nitrogens with one attached hydrogen (secondary N) is 1. The number of rotatable bonds is 7. The summed E-state index contributed by atoms with van der Waals surface area (Å²) in [4.78, 5) is 4.82. The number of anilines is 1. The Hall–Kier alpha value is -1.85. The topological polar surface area (TPSA) is 31.6 Å². The summed E-state index contributed by atoms with van der Waals surface area (Å²) in [6.45, 7) is 11.8. The summed E-state index contributed by atoms with van der Waals surface area (Å²) in [5, 5.41) is 4.18. The first-order valence-corrected chi connectivity index (χ1v) is 10.8. The van der Waals surface area contributed by atoms with Crippen molar-refractivity contribution in [1.82, 2.24) is 9.80 Å². The van der Waals surface area contributed by atoms with E-state index < -0.39 is 0 Å². The van der Waals surface area contributed by atoms with Crippen LogP contribution in [0.1, 0.15) is 43.1 Å². The van der Waals surface area contributed by atoms with Crippen molar-refractivity contribution in [3.05, 3.63) is 53.5 Å². The van der Waals surface area contributed by atoms with Gasteiger partial charge in [-0.25, -0.2) is 0 Å². The molecule has 0 saturated carbocycles. The largest absolute Gasteiger partial charge is 0.467 e. The summed E-state index contributed by atoms with van der Waals surface area (Å²) in [5.41, 5.74) is 3.60. The quantitative estimate of drug-likeness (QED) is 0.646. The van der Waals surface area contributed by atoms with Crippen LogP contribution in [0.4, 0.5) is 5.69 Å². The molecule has 2 aromatic rings. The van der Waals surface area contributed by atoms with Gasteiger partial charge in [0.1, 0.15) is 5.76 Å². The van der Waals surface area contributed by atoms with Crippen LogP contribution in [-0.4, -0.2) is 41.1 Å². The predicted molar refractivity (Wildman–Crippen MR) is 121 cm³/mol. The van der Waals surface area contributed by atoms with Gasteiger partial charge in [-0.1, -0.05) is 13.0 Å². The zero-order valence-electron chi connectivity index (χ0n) is 17.4. The Morgan fingerprint density at radius 3 is 2.86 bits per heavy atom. The van der Waals surface area contributed by atoms with Gasteiger partial charge in [-0.15, -0.1) is 0 Å². The van der Waals surface area contributed by atoms with Crippen LogP contribution >= 0.6 is 12.2 Å². The number of furan rings is 1. The normalized spacial score (nSPS) is 17.5. The number of benzene rings is 1. The summed E-state index contributed by atoms with van der Waals surface area (Å²) in [6.07, 6.45) is 5.51. The fraction of sp³-hybridized carbons (Fsp3) is 0.522. The van der Waals surface area contributed by atoms with Gasteiger partial charge in [-0.3, -0.25) is 0 Å². The Morgan fingerprint density at radius 2 is 2.14 bits per heavy atom. The Kier molecular flexibility index (Phi) is 7.51. The van der Waals surface area contributed by atoms with Gasteiger partial charge in [0.05, 0.1) is 12.8 Å². The Labute approximate surface area is 174 Å². The molecule has 28 heavy (non-hydrogen) atoms. The van der Waals surface area contributed by atoms with Crippen LogP contribution in [-0.2, 0) is 6.54 Å². The summed E-state index contributed by atoms with van der Waals surface area (Å²) >= 11 is 5.75. The third-order valence-corrected chi connectivity index (χ3v) is 5.98. The number of aryl methyl sites for hydroxylation is 2. The van der Waals surface area contributed by atoms with E-state index in [1.54, 1.807) is 6.26 Å². The number of nitrogens with zero attached hydrogens (tertiary/aromatic N) is 2. The highest BCUT2D eigenvalue weighted by molar-refractivity contribution is 7.80. The molecular weight excluding hydrogens is 366 g/mol. The summed E-state index contributed by atoms with van der Waals surface area (Å²) < 4.78 is 5.57. The van der Waals surface area contributed by atoms with Crippen molar-refractivity contribution in [2.75, 3.05) is 31.5 Å². The summed E-state index contributed by atoms with van der Waals surface area (Å²) in [6, 6.07) is 10.3. The fourth-order valence-corrected chi connectivity index (χ4v) is 4.11. The minimum Gasteiger partial charge on any atom is -0.467 e. The maximum atomic E-state index is 5.75. The van der Waals surface area contributed by atoms with Crippen LogP contribution in [0.3, 0.4) is 0 Å². The second-order valence-corrected chi connectivity index (χ2v) is 8.52. The van der Waals surface area contributed by atoms with E-state index in [0.29, 0.717) is 6.54 Å². The van der Waals surface area contributed by atoms with Gasteiger partial charge in [0, 0.05) is 18.8 Å². The molecule has 0 spiro atoms. The number of thiocarbonyl (C=S) groups is 1. The smallest absolute Gasteiger partial charge is 0.173 e. The zero-order chi connectivity index (χ0) is 19.9. The Bertz CT molecular complexity index is 759. The molecule has 1 saturated heterocycles. The van der Waals surface area contributed by atoms with E-state index in [9.17, 15) is 0 Å². The highest BCUT2D eigenvalue weighted by Gasteiger charge is 2.17. The lowest BCUT2D eigenvalue weighted by Gasteiger charge is -2.32. The number of likely N-dealkylation sites (tertiary alicyclic amines) is 1. The van der Waals surface area contributed by atoms with Gasteiger partial charge >= 0.3 is 0 Å². The number of hydrogen-bond acceptors (Lipinski definition) is 3. The molecule has 152 valence electrons. The lowest BCUT2D eigenvalue weighted by atomic mass is 10.0. The van der Waals surface area contributed by atoms with Crippen molar-refractivity contribution in [3.8, 4) is 0 Å². The van der Waals surface area contributed by atoms with Crippen LogP contribution in [0.5, 0.6) is 0 Å². The molecule has 1 atom stereocenters. The van der Waals surface area contributed by atoms with Crippen LogP contribution in [0, 0.1) is 19.8 Å². The van der Waals surface area contributed by atoms with Gasteiger partial charge in [0.25, 0.3) is 0 Å². The number of hydrogen-bond donors (Lipinski definition) is 1. The van der Waals surface area contributed by atoms with E-state index >= 15 is 0 Å². The van der Waals surface area contributed by atoms with Crippen molar-refractivity contribution in [3.63, 3.8) is 0 Å². The molecule has 2 heterocycles. The molecule has 1 aromatic heterocycles. The molecule has 3 rings (SSSR count). The van der Waals surface area contributed by atoms with Crippen molar-refractivity contribution >= 4 is 23.0 Å². The summed E-state index contributed by atoms with van der Waals surface area (Å²) in [5.74, 6) is 1.76. The average Bonchev–Trinajstić information content (AvgIpc) is 3.17. The van der Waals surface area contributed by atoms with Crippen molar-refractivity contribution < 1.29 is 4.42 Å². The molecule has 0 unspecified atom stereocenters. The Morgan fingerprint density at radius 1 is 1.29 bits per heavy atom. The van der Waals surface area contributed by atoms with E-state index in [0.717, 1.165) is 42.0 Å². The van der Waals surface area contributed by atoms with Crippen LogP contribution in [0.2, 0.25) is 0 Å². The SMILES string of the molecule is Cc1ccc(NC(=S)N(CCCN2CCC[C@@H](C)C2)Cc2ccco2)cc1C. The molecule has 1 aromatic carbocycles. The molecule has 1 aliphatic heterocycles. The van der Waals surface area contributed by atoms with Crippen LogP contribution in [0.15, 0.2) is 41.0 Å². The van der Waals surface area contributed by atoms with Crippen LogP contribution < -0.4 is 5.32 Å². The lowest BCUT2D eigenvalue weighted by molar-refractivity contribution is 0.177. The monoisotopic (exact) mass is 399 g/mol. The van der Waals surface area contributed by atoms with Gasteiger partial charge in [0.2, 0.25) is 0 Å². The molecular formula is C23H33N3OS. The third kappa shape index (κ3) is 6.08. The third-order valence-electron chi connectivity index (χ3n) is 5.62. The predicted octanol–water partition coefficient (Wildman–Crippen LogP) is 5.22. The van der Waals surface area contributed by atoms with Gasteiger partial charge in [0.15, 0.2) is 5.11 Å². The first kappa shape index (κ1) is 20.9. The van der Waals surface area contributed by atoms with E-state index in [1.165, 1.54) is 37.1 Å². The first-order chi connectivity index (χ1) is 13.5. The molecule has 0 radical (unpaired) electrons. The highest BCUT2D eigenvalue weighted by atomic mass is 32.1. The molecule has 0 amide bonds. The maximum Gasteiger partial charge on any atom is 0.173 e. The standard InChI is InChI=1S/C23H33N3OS/c1-18-7-4-11-25(16-18)12-6-13-26(17-22-8-5-14-27-22)23(28)24-21-10-9-19(2)20(3)15-21/h5,8-10,14-15,18H,4,6-7,11-13,16-17H2,1-3H3,(H,24,28)/t18-/m1/s1. The zero-order valence-corrected chi connectivity index (χ0v) is 18.2. The van der Waals surface area contributed by atoms with Gasteiger partial charge in [-0.2, -0.15) is 0 Å². The van der Waals surface area contributed by atoms with Crippen molar-refractivity contribution in [1.29, 1.82) is 0 Å². The maximum absolute atomic E-state index is 5.75. The molecule has 4 nitrogen and oxygen atoms in total. The minimum atomic E-state index is 0.695. The van der Waals surface area contributed by atoms with E-state index in [4.69, 9.17) is 16.6 Å². The van der Waals surface area contributed by atoms with Gasteiger partial charge < -0.3 is 19.5 Å².